The Kier molecular flexibility index (Phi) is 5.37. The van der Waals surface area contributed by atoms with Crippen molar-refractivity contribution in [3.63, 3.8) is 0 Å². The van der Waals surface area contributed by atoms with Crippen molar-refractivity contribution in [1.82, 2.24) is 20.3 Å². The molecule has 1 aromatic carbocycles. The van der Waals surface area contributed by atoms with E-state index in [-0.39, 0.29) is 0 Å². The zero-order valence-corrected chi connectivity index (χ0v) is 16.4. The molecule has 0 spiro atoms. The van der Waals surface area contributed by atoms with Crippen LogP contribution < -0.4 is 5.32 Å². The van der Waals surface area contributed by atoms with Crippen LogP contribution in [0.2, 0.25) is 15.1 Å². The molecule has 2 heterocycles. The number of halogens is 3. The van der Waals surface area contributed by atoms with E-state index in [9.17, 15) is 0 Å². The lowest BCUT2D eigenvalue weighted by atomic mass is 9.85. The standard InChI is InChI=1S/C19H19Cl3N4/c20-13-4-11(5-14(21)7-13)9-23-16-3-1-2-12(6-16)18-25-17-8-15(22)10-24-19(17)26-18/h4-5,7-8,10,12,16,23H,1-3,6,9H2,(H,24,25,26). The lowest BCUT2D eigenvalue weighted by molar-refractivity contribution is 0.332. The Bertz CT molecular complexity index is 904. The summed E-state index contributed by atoms with van der Waals surface area (Å²) < 4.78 is 0. The lowest BCUT2D eigenvalue weighted by Gasteiger charge is -2.29. The van der Waals surface area contributed by atoms with Crippen LogP contribution in [-0.2, 0) is 6.54 Å². The number of fused-ring (bicyclic) bond motifs is 1. The number of hydrogen-bond acceptors (Lipinski definition) is 3. The summed E-state index contributed by atoms with van der Waals surface area (Å²) in [7, 11) is 0. The van der Waals surface area contributed by atoms with E-state index in [1.165, 1.54) is 6.42 Å². The summed E-state index contributed by atoms with van der Waals surface area (Å²) in [5, 5.41) is 5.60. The summed E-state index contributed by atoms with van der Waals surface area (Å²) in [5.74, 6) is 1.41. The van der Waals surface area contributed by atoms with Gasteiger partial charge in [-0.05, 0) is 49.1 Å². The quantitative estimate of drug-likeness (QED) is 0.578. The van der Waals surface area contributed by atoms with E-state index in [1.807, 2.05) is 18.2 Å². The first-order valence-corrected chi connectivity index (χ1v) is 9.90. The predicted octanol–water partition coefficient (Wildman–Crippen LogP) is 5.73. The molecule has 2 N–H and O–H groups in total. The highest BCUT2D eigenvalue weighted by Gasteiger charge is 2.25. The Balaban J connectivity index is 1.43. The summed E-state index contributed by atoms with van der Waals surface area (Å²) in [4.78, 5) is 12.4. The molecule has 0 bridgehead atoms. The molecular weight excluding hydrogens is 391 g/mol. The smallest absolute Gasteiger partial charge is 0.177 e. The molecule has 4 nitrogen and oxygen atoms in total. The Morgan fingerprint density at radius 1 is 1.04 bits per heavy atom. The first-order valence-electron chi connectivity index (χ1n) is 8.76. The number of aromatic amines is 1. The molecule has 1 aliphatic rings. The molecule has 26 heavy (non-hydrogen) atoms. The molecule has 2 unspecified atom stereocenters. The highest BCUT2D eigenvalue weighted by molar-refractivity contribution is 6.34. The van der Waals surface area contributed by atoms with Crippen LogP contribution in [-0.4, -0.2) is 21.0 Å². The molecule has 0 radical (unpaired) electrons. The number of nitrogens with one attached hydrogen (secondary N) is 2. The topological polar surface area (TPSA) is 53.6 Å². The zero-order valence-electron chi connectivity index (χ0n) is 14.1. The van der Waals surface area contributed by atoms with E-state index < -0.39 is 0 Å². The minimum absolute atomic E-state index is 0.400. The molecule has 136 valence electrons. The van der Waals surface area contributed by atoms with Crippen LogP contribution in [0.3, 0.4) is 0 Å². The Morgan fingerprint density at radius 3 is 2.65 bits per heavy atom. The van der Waals surface area contributed by atoms with E-state index in [1.54, 1.807) is 12.3 Å². The van der Waals surface area contributed by atoms with E-state index in [4.69, 9.17) is 34.8 Å². The first-order chi connectivity index (χ1) is 12.6. The van der Waals surface area contributed by atoms with E-state index in [2.05, 4.69) is 20.3 Å². The second-order valence-corrected chi connectivity index (χ2v) is 8.18. The van der Waals surface area contributed by atoms with Gasteiger partial charge in [0, 0.05) is 34.7 Å². The van der Waals surface area contributed by atoms with Gasteiger partial charge < -0.3 is 10.3 Å². The summed E-state index contributed by atoms with van der Waals surface area (Å²) in [6.45, 7) is 0.759. The fraction of sp³-hybridized carbons (Fsp3) is 0.368. The number of aromatic nitrogens is 3. The SMILES string of the molecule is Clc1cc(Cl)cc(CNC2CCCC(c3nc4ncc(Cl)cc4[nH]3)C2)c1. The van der Waals surface area contributed by atoms with Gasteiger partial charge in [0.15, 0.2) is 5.65 Å². The van der Waals surface area contributed by atoms with Crippen LogP contribution >= 0.6 is 34.8 Å². The number of imidazole rings is 1. The minimum atomic E-state index is 0.400. The molecule has 2 aromatic heterocycles. The highest BCUT2D eigenvalue weighted by Crippen LogP contribution is 2.32. The number of H-pyrrole nitrogens is 1. The van der Waals surface area contributed by atoms with E-state index in [0.717, 1.165) is 48.4 Å². The summed E-state index contributed by atoms with van der Waals surface area (Å²) in [6, 6.07) is 7.98. The second-order valence-electron chi connectivity index (χ2n) is 6.87. The number of rotatable bonds is 4. The molecule has 1 aliphatic carbocycles. The Labute approximate surface area is 167 Å². The maximum absolute atomic E-state index is 6.08. The molecule has 7 heteroatoms. The van der Waals surface area contributed by atoms with Gasteiger partial charge in [-0.3, -0.25) is 0 Å². The van der Waals surface area contributed by atoms with Crippen LogP contribution in [0.25, 0.3) is 11.2 Å². The van der Waals surface area contributed by atoms with Crippen LogP contribution in [0.1, 0.15) is 43.0 Å². The van der Waals surface area contributed by atoms with Crippen molar-refractivity contribution < 1.29 is 0 Å². The summed E-state index contributed by atoms with van der Waals surface area (Å²) in [5.41, 5.74) is 2.73. The van der Waals surface area contributed by atoms with Gasteiger partial charge in [0.05, 0.1) is 10.5 Å². The van der Waals surface area contributed by atoms with Gasteiger partial charge in [0.25, 0.3) is 0 Å². The summed E-state index contributed by atoms with van der Waals surface area (Å²) in [6.07, 6.45) is 6.14. The zero-order chi connectivity index (χ0) is 18.1. The maximum atomic E-state index is 6.08. The van der Waals surface area contributed by atoms with Crippen molar-refractivity contribution in [2.45, 2.75) is 44.2 Å². The fourth-order valence-corrected chi connectivity index (χ4v) is 4.41. The van der Waals surface area contributed by atoms with Crippen LogP contribution in [0, 0.1) is 0 Å². The number of pyridine rings is 1. The van der Waals surface area contributed by atoms with Crippen molar-refractivity contribution in [3.05, 3.63) is 56.9 Å². The maximum Gasteiger partial charge on any atom is 0.177 e. The van der Waals surface area contributed by atoms with Gasteiger partial charge in [0.2, 0.25) is 0 Å². The van der Waals surface area contributed by atoms with E-state index >= 15 is 0 Å². The van der Waals surface area contributed by atoms with Crippen LogP contribution in [0.5, 0.6) is 0 Å². The van der Waals surface area contributed by atoms with Crippen molar-refractivity contribution >= 4 is 46.0 Å². The van der Waals surface area contributed by atoms with Crippen molar-refractivity contribution in [2.75, 3.05) is 0 Å². The molecule has 0 saturated heterocycles. The Morgan fingerprint density at radius 2 is 1.85 bits per heavy atom. The van der Waals surface area contributed by atoms with Crippen LogP contribution in [0.15, 0.2) is 30.5 Å². The number of benzene rings is 1. The molecule has 2 atom stereocenters. The average molecular weight is 410 g/mol. The third kappa shape index (κ3) is 4.15. The largest absolute Gasteiger partial charge is 0.340 e. The molecule has 4 rings (SSSR count). The highest BCUT2D eigenvalue weighted by atomic mass is 35.5. The van der Waals surface area contributed by atoms with Gasteiger partial charge in [-0.15, -0.1) is 0 Å². The molecule has 0 amide bonds. The Hall–Kier alpha value is -1.33. The van der Waals surface area contributed by atoms with Gasteiger partial charge in [0.1, 0.15) is 5.82 Å². The minimum Gasteiger partial charge on any atom is -0.340 e. The van der Waals surface area contributed by atoms with Gasteiger partial charge in [-0.2, -0.15) is 0 Å². The monoisotopic (exact) mass is 408 g/mol. The molecule has 1 fully saturated rings. The second kappa shape index (κ2) is 7.73. The normalized spacial score (nSPS) is 20.6. The van der Waals surface area contributed by atoms with Gasteiger partial charge >= 0.3 is 0 Å². The van der Waals surface area contributed by atoms with Crippen molar-refractivity contribution in [2.24, 2.45) is 0 Å². The molecule has 1 saturated carbocycles. The third-order valence-electron chi connectivity index (χ3n) is 4.90. The van der Waals surface area contributed by atoms with Gasteiger partial charge in [-0.25, -0.2) is 9.97 Å². The van der Waals surface area contributed by atoms with E-state index in [0.29, 0.717) is 27.0 Å². The number of hydrogen-bond donors (Lipinski definition) is 2. The van der Waals surface area contributed by atoms with Crippen molar-refractivity contribution in [3.8, 4) is 0 Å². The molecular formula is C19H19Cl3N4. The predicted molar refractivity (Wildman–Crippen MR) is 107 cm³/mol. The molecule has 0 aliphatic heterocycles. The average Bonchev–Trinajstić information content (AvgIpc) is 3.03. The van der Waals surface area contributed by atoms with Gasteiger partial charge in [-0.1, -0.05) is 41.2 Å². The van der Waals surface area contributed by atoms with Crippen molar-refractivity contribution in [1.29, 1.82) is 0 Å². The first kappa shape index (κ1) is 18.1. The summed E-state index contributed by atoms with van der Waals surface area (Å²) >= 11 is 18.2. The lowest BCUT2D eigenvalue weighted by Crippen LogP contribution is -2.33. The number of nitrogens with zero attached hydrogens (tertiary/aromatic N) is 2. The molecule has 3 aromatic rings. The third-order valence-corrected chi connectivity index (χ3v) is 5.54. The fourth-order valence-electron chi connectivity index (χ4n) is 3.69. The van der Waals surface area contributed by atoms with Crippen LogP contribution in [0.4, 0.5) is 0 Å².